The number of hydrogen-bond acceptors (Lipinski definition) is 0. The van der Waals surface area contributed by atoms with Crippen LogP contribution >= 0.6 is 11.6 Å². The standard InChI is InChI=1S/C20H20ClN2.ClH/c1-15-4-6-16(7-5-15)13-22-14-19(23-12-2-3-20(22)23)17-8-10-18(21)11-9-17;/h4-11,14H,2-3,12-13H2,1H3;1H/q+1;/p-1. The van der Waals surface area contributed by atoms with Crippen LogP contribution in [-0.2, 0) is 19.5 Å². The first kappa shape index (κ1) is 17.1. The number of halogens is 2. The predicted molar refractivity (Wildman–Crippen MR) is 93.7 cm³/mol. The minimum Gasteiger partial charge on any atom is -1.00 e. The van der Waals surface area contributed by atoms with E-state index in [1.807, 2.05) is 12.1 Å². The van der Waals surface area contributed by atoms with E-state index >= 15 is 0 Å². The lowest BCUT2D eigenvalue weighted by Gasteiger charge is -2.00. The summed E-state index contributed by atoms with van der Waals surface area (Å²) in [5.74, 6) is 1.43. The first-order chi connectivity index (χ1) is 11.2. The van der Waals surface area contributed by atoms with Crippen LogP contribution in [0.2, 0.25) is 5.02 Å². The second-order valence-corrected chi connectivity index (χ2v) is 6.74. The van der Waals surface area contributed by atoms with Crippen molar-refractivity contribution in [3.63, 3.8) is 0 Å². The van der Waals surface area contributed by atoms with Crippen LogP contribution in [0.25, 0.3) is 11.3 Å². The lowest BCUT2D eigenvalue weighted by Crippen LogP contribution is -3.00. The highest BCUT2D eigenvalue weighted by atomic mass is 35.5. The molecule has 0 unspecified atom stereocenters. The van der Waals surface area contributed by atoms with Gasteiger partial charge in [0.1, 0.15) is 12.7 Å². The third-order valence-electron chi connectivity index (χ3n) is 4.61. The molecule has 0 radical (unpaired) electrons. The van der Waals surface area contributed by atoms with E-state index in [-0.39, 0.29) is 12.4 Å². The van der Waals surface area contributed by atoms with E-state index in [4.69, 9.17) is 11.6 Å². The van der Waals surface area contributed by atoms with E-state index in [1.165, 1.54) is 34.6 Å². The van der Waals surface area contributed by atoms with Crippen molar-refractivity contribution in [2.75, 3.05) is 0 Å². The molecule has 2 heterocycles. The lowest BCUT2D eigenvalue weighted by atomic mass is 10.1. The zero-order valence-electron chi connectivity index (χ0n) is 13.7. The largest absolute Gasteiger partial charge is 1.00 e. The number of nitrogens with zero attached hydrogens (tertiary/aromatic N) is 2. The Morgan fingerprint density at radius 3 is 2.46 bits per heavy atom. The number of aromatic nitrogens is 2. The highest BCUT2D eigenvalue weighted by molar-refractivity contribution is 6.30. The Hall–Kier alpha value is -1.77. The maximum Gasteiger partial charge on any atom is 0.257 e. The molecule has 1 aromatic heterocycles. The summed E-state index contributed by atoms with van der Waals surface area (Å²) in [6, 6.07) is 17.0. The van der Waals surface area contributed by atoms with Crippen molar-refractivity contribution < 1.29 is 17.0 Å². The van der Waals surface area contributed by atoms with Gasteiger partial charge in [0.2, 0.25) is 0 Å². The highest BCUT2D eigenvalue weighted by Crippen LogP contribution is 2.26. The summed E-state index contributed by atoms with van der Waals surface area (Å²) in [4.78, 5) is 0. The maximum atomic E-state index is 6.03. The molecule has 3 aromatic rings. The number of fused-ring (bicyclic) bond motifs is 1. The van der Waals surface area contributed by atoms with Crippen molar-refractivity contribution >= 4 is 11.6 Å². The van der Waals surface area contributed by atoms with Gasteiger partial charge < -0.3 is 12.4 Å². The van der Waals surface area contributed by atoms with Crippen LogP contribution in [0.3, 0.4) is 0 Å². The fourth-order valence-electron chi connectivity index (χ4n) is 3.39. The van der Waals surface area contributed by atoms with Gasteiger partial charge in [-0.2, -0.15) is 0 Å². The fourth-order valence-corrected chi connectivity index (χ4v) is 3.51. The van der Waals surface area contributed by atoms with Gasteiger partial charge in [0.15, 0.2) is 5.69 Å². The van der Waals surface area contributed by atoms with Crippen LogP contribution in [0.1, 0.15) is 23.4 Å². The average Bonchev–Trinajstić information content (AvgIpc) is 3.14. The summed E-state index contributed by atoms with van der Waals surface area (Å²) in [6.45, 7) is 4.17. The molecule has 0 saturated heterocycles. The molecule has 0 saturated carbocycles. The van der Waals surface area contributed by atoms with Crippen LogP contribution in [0.4, 0.5) is 0 Å². The van der Waals surface area contributed by atoms with Crippen molar-refractivity contribution in [1.82, 2.24) is 4.57 Å². The monoisotopic (exact) mass is 358 g/mol. The summed E-state index contributed by atoms with van der Waals surface area (Å²) in [7, 11) is 0. The third kappa shape index (κ3) is 3.22. The molecule has 0 aliphatic carbocycles. The summed E-state index contributed by atoms with van der Waals surface area (Å²) >= 11 is 6.03. The molecule has 1 aliphatic rings. The SMILES string of the molecule is Cc1ccc(C[n+]2cc(-c3ccc(Cl)cc3)n3c2CCC3)cc1.[Cl-]. The molecule has 0 amide bonds. The smallest absolute Gasteiger partial charge is 0.257 e. The quantitative estimate of drug-likeness (QED) is 0.626. The molecule has 0 bridgehead atoms. The van der Waals surface area contributed by atoms with Crippen LogP contribution in [0.15, 0.2) is 54.7 Å². The molecule has 1 aliphatic heterocycles. The molecule has 0 atom stereocenters. The minimum atomic E-state index is 0. The fraction of sp³-hybridized carbons (Fsp3) is 0.250. The molecule has 124 valence electrons. The number of imidazole rings is 1. The van der Waals surface area contributed by atoms with Crippen LogP contribution < -0.4 is 17.0 Å². The van der Waals surface area contributed by atoms with Crippen molar-refractivity contribution in [1.29, 1.82) is 0 Å². The molecule has 4 rings (SSSR count). The predicted octanol–water partition coefficient (Wildman–Crippen LogP) is 1.40. The van der Waals surface area contributed by atoms with Crippen LogP contribution in [0, 0.1) is 6.92 Å². The Balaban J connectivity index is 0.00000169. The molecule has 0 fully saturated rings. The Kier molecular flexibility index (Phi) is 4.98. The Morgan fingerprint density at radius 2 is 1.75 bits per heavy atom. The number of benzene rings is 2. The Labute approximate surface area is 154 Å². The van der Waals surface area contributed by atoms with Crippen LogP contribution in [-0.4, -0.2) is 4.57 Å². The van der Waals surface area contributed by atoms with E-state index in [9.17, 15) is 0 Å². The van der Waals surface area contributed by atoms with Gasteiger partial charge in [-0.25, -0.2) is 9.13 Å². The highest BCUT2D eigenvalue weighted by Gasteiger charge is 2.28. The Morgan fingerprint density at radius 1 is 1.04 bits per heavy atom. The summed E-state index contributed by atoms with van der Waals surface area (Å²) in [5.41, 5.74) is 5.19. The van der Waals surface area contributed by atoms with Crippen molar-refractivity contribution in [2.24, 2.45) is 0 Å². The molecule has 2 nitrogen and oxygen atoms in total. The second-order valence-electron chi connectivity index (χ2n) is 6.31. The normalized spacial score (nSPS) is 12.8. The van der Waals surface area contributed by atoms with E-state index in [1.54, 1.807) is 0 Å². The van der Waals surface area contributed by atoms with Gasteiger partial charge in [-0.3, -0.25) is 0 Å². The van der Waals surface area contributed by atoms with Gasteiger partial charge in [-0.05, 0) is 43.2 Å². The van der Waals surface area contributed by atoms with E-state index in [0.29, 0.717) is 0 Å². The average molecular weight is 359 g/mol. The zero-order chi connectivity index (χ0) is 15.8. The first-order valence-electron chi connectivity index (χ1n) is 8.14. The Bertz CT molecular complexity index is 833. The van der Waals surface area contributed by atoms with E-state index < -0.39 is 0 Å². The van der Waals surface area contributed by atoms with Crippen molar-refractivity contribution in [3.8, 4) is 11.3 Å². The van der Waals surface area contributed by atoms with Gasteiger partial charge >= 0.3 is 0 Å². The summed E-state index contributed by atoms with van der Waals surface area (Å²) in [6.07, 6.45) is 4.67. The molecule has 0 spiro atoms. The number of hydrogen-bond donors (Lipinski definition) is 0. The van der Waals surface area contributed by atoms with E-state index in [0.717, 1.165) is 24.5 Å². The first-order valence-corrected chi connectivity index (χ1v) is 8.52. The minimum absolute atomic E-state index is 0. The summed E-state index contributed by atoms with van der Waals surface area (Å²) < 4.78 is 4.86. The second kappa shape index (κ2) is 7.00. The molecular weight excluding hydrogens is 339 g/mol. The van der Waals surface area contributed by atoms with Gasteiger partial charge in [-0.15, -0.1) is 0 Å². The maximum absolute atomic E-state index is 6.03. The van der Waals surface area contributed by atoms with Crippen molar-refractivity contribution in [2.45, 2.75) is 32.9 Å². The van der Waals surface area contributed by atoms with E-state index in [2.05, 4.69) is 58.7 Å². The number of rotatable bonds is 3. The molecule has 2 aromatic carbocycles. The summed E-state index contributed by atoms with van der Waals surface area (Å²) in [5, 5.41) is 0.787. The lowest BCUT2D eigenvalue weighted by molar-refractivity contribution is -0.694. The van der Waals surface area contributed by atoms with Gasteiger partial charge in [0.25, 0.3) is 5.82 Å². The topological polar surface area (TPSA) is 8.81 Å². The van der Waals surface area contributed by atoms with Crippen molar-refractivity contribution in [3.05, 3.63) is 76.7 Å². The number of aryl methyl sites for hydroxylation is 1. The molecule has 4 heteroatoms. The zero-order valence-corrected chi connectivity index (χ0v) is 15.2. The molecule has 0 N–H and O–H groups in total. The molecular formula is C20H20Cl2N2. The van der Waals surface area contributed by atoms with Gasteiger partial charge in [0, 0.05) is 10.6 Å². The van der Waals surface area contributed by atoms with Gasteiger partial charge in [0.05, 0.1) is 13.0 Å². The van der Waals surface area contributed by atoms with Crippen LogP contribution in [0.5, 0.6) is 0 Å². The molecule has 24 heavy (non-hydrogen) atoms. The third-order valence-corrected chi connectivity index (χ3v) is 4.86. The van der Waals surface area contributed by atoms with Gasteiger partial charge in [-0.1, -0.05) is 41.4 Å².